The Morgan fingerprint density at radius 2 is 2.00 bits per heavy atom. The maximum Gasteiger partial charge on any atom is 0.325 e. The average Bonchev–Trinajstić information content (AvgIpc) is 3.11. The summed E-state index contributed by atoms with van der Waals surface area (Å²) in [4.78, 5) is 25.4. The van der Waals surface area contributed by atoms with Gasteiger partial charge in [-0.3, -0.25) is 9.69 Å². The number of rotatable bonds is 7. The first-order valence-electron chi connectivity index (χ1n) is 9.10. The number of thioether (sulfide) groups is 1. The second-order valence-electron chi connectivity index (χ2n) is 7.13. The number of urea groups is 1. The summed E-state index contributed by atoms with van der Waals surface area (Å²) < 4.78 is 2.09. The van der Waals surface area contributed by atoms with Gasteiger partial charge < -0.3 is 9.88 Å². The summed E-state index contributed by atoms with van der Waals surface area (Å²) in [6, 6.07) is 7.91. The summed E-state index contributed by atoms with van der Waals surface area (Å²) in [7, 11) is 0. The number of hydrogen-bond donors (Lipinski definition) is 1. The Morgan fingerprint density at radius 1 is 1.22 bits per heavy atom. The molecule has 3 rings (SSSR count). The van der Waals surface area contributed by atoms with E-state index < -0.39 is 5.54 Å². The van der Waals surface area contributed by atoms with Crippen LogP contribution in [0.3, 0.4) is 0 Å². The maximum absolute atomic E-state index is 12.2. The van der Waals surface area contributed by atoms with Gasteiger partial charge in [0.1, 0.15) is 5.54 Å². The minimum absolute atomic E-state index is 0.170. The summed E-state index contributed by atoms with van der Waals surface area (Å²) in [5, 5.41) is 12.2. The van der Waals surface area contributed by atoms with Crippen molar-refractivity contribution in [1.29, 1.82) is 0 Å². The first-order chi connectivity index (χ1) is 12.8. The average molecular weight is 388 g/mol. The molecule has 0 aliphatic carbocycles. The third-order valence-corrected chi connectivity index (χ3v) is 5.56. The number of nitrogens with one attached hydrogen (secondary N) is 1. The van der Waals surface area contributed by atoms with Crippen molar-refractivity contribution >= 4 is 23.7 Å². The monoisotopic (exact) mass is 387 g/mol. The quantitative estimate of drug-likeness (QED) is 0.449. The van der Waals surface area contributed by atoms with E-state index >= 15 is 0 Å². The Morgan fingerprint density at radius 3 is 2.63 bits per heavy atom. The summed E-state index contributed by atoms with van der Waals surface area (Å²) in [6.07, 6.45) is 0.705. The molecule has 0 radical (unpaired) electrons. The van der Waals surface area contributed by atoms with Crippen LogP contribution in [0, 0.1) is 6.92 Å². The zero-order valence-corrected chi connectivity index (χ0v) is 17.0. The normalized spacial score (nSPS) is 16.1. The van der Waals surface area contributed by atoms with Gasteiger partial charge >= 0.3 is 6.03 Å². The second-order valence-corrected chi connectivity index (χ2v) is 8.20. The maximum atomic E-state index is 12.2. The van der Waals surface area contributed by atoms with Crippen molar-refractivity contribution in [1.82, 2.24) is 25.0 Å². The molecule has 0 spiro atoms. The molecule has 0 atom stereocenters. The first kappa shape index (κ1) is 19.4. The van der Waals surface area contributed by atoms with Gasteiger partial charge in [-0.05, 0) is 40.2 Å². The zero-order chi connectivity index (χ0) is 19.6. The SMILES string of the molecule is CCn1c(SCCCN2C(=O)NC(C)(C)C2=O)nnc1-c1cccc(C)c1. The molecule has 1 saturated heterocycles. The van der Waals surface area contributed by atoms with Crippen LogP contribution in [-0.4, -0.2) is 49.4 Å². The molecule has 1 fully saturated rings. The van der Waals surface area contributed by atoms with Gasteiger partial charge in [-0.2, -0.15) is 0 Å². The van der Waals surface area contributed by atoms with Gasteiger partial charge in [0.05, 0.1) is 0 Å². The number of nitrogens with zero attached hydrogens (tertiary/aromatic N) is 4. The fraction of sp³-hybridized carbons (Fsp3) is 0.474. The molecule has 1 aliphatic rings. The fourth-order valence-corrected chi connectivity index (χ4v) is 4.01. The largest absolute Gasteiger partial charge is 0.325 e. The lowest BCUT2D eigenvalue weighted by atomic mass is 10.1. The van der Waals surface area contributed by atoms with Crippen LogP contribution in [0.25, 0.3) is 11.4 Å². The molecule has 1 N–H and O–H groups in total. The molecule has 1 aromatic carbocycles. The number of imide groups is 1. The van der Waals surface area contributed by atoms with Crippen LogP contribution in [0.2, 0.25) is 0 Å². The van der Waals surface area contributed by atoms with Crippen molar-refractivity contribution in [3.63, 3.8) is 0 Å². The van der Waals surface area contributed by atoms with E-state index in [2.05, 4.69) is 46.1 Å². The lowest BCUT2D eigenvalue weighted by Gasteiger charge is -2.15. The molecule has 1 aliphatic heterocycles. The summed E-state index contributed by atoms with van der Waals surface area (Å²) in [5.74, 6) is 1.44. The molecule has 0 saturated carbocycles. The number of carbonyl (C=O) groups is 2. The fourth-order valence-electron chi connectivity index (χ4n) is 3.09. The van der Waals surface area contributed by atoms with Crippen LogP contribution in [0.4, 0.5) is 4.79 Å². The van der Waals surface area contributed by atoms with Crippen molar-refractivity contribution in [2.75, 3.05) is 12.3 Å². The lowest BCUT2D eigenvalue weighted by molar-refractivity contribution is -0.130. The Balaban J connectivity index is 1.61. The summed E-state index contributed by atoms with van der Waals surface area (Å²) in [6.45, 7) is 8.76. The van der Waals surface area contributed by atoms with Gasteiger partial charge in [0.25, 0.3) is 5.91 Å². The predicted octanol–water partition coefficient (Wildman–Crippen LogP) is 3.09. The Labute approximate surface area is 163 Å². The topological polar surface area (TPSA) is 80.1 Å². The minimum Gasteiger partial charge on any atom is -0.324 e. The van der Waals surface area contributed by atoms with Crippen LogP contribution in [0.15, 0.2) is 29.4 Å². The molecule has 7 nitrogen and oxygen atoms in total. The molecule has 144 valence electrons. The third kappa shape index (κ3) is 4.00. The number of aromatic nitrogens is 3. The van der Waals surface area contributed by atoms with Crippen molar-refractivity contribution in [3.8, 4) is 11.4 Å². The van der Waals surface area contributed by atoms with Crippen LogP contribution in [0.5, 0.6) is 0 Å². The van der Waals surface area contributed by atoms with E-state index in [9.17, 15) is 9.59 Å². The molecule has 0 bridgehead atoms. The smallest absolute Gasteiger partial charge is 0.324 e. The Bertz CT molecular complexity index is 862. The van der Waals surface area contributed by atoms with Crippen molar-refractivity contribution in [2.45, 2.75) is 51.4 Å². The van der Waals surface area contributed by atoms with Crippen molar-refractivity contribution in [3.05, 3.63) is 29.8 Å². The molecule has 0 unspecified atom stereocenters. The standard InChI is InChI=1S/C19H25N5O2S/c1-5-23-15(14-9-6-8-13(2)12-14)21-22-18(23)27-11-7-10-24-16(25)19(3,4)20-17(24)26/h6,8-9,12H,5,7,10-11H2,1-4H3,(H,20,26). The minimum atomic E-state index is -0.810. The molecular weight excluding hydrogens is 362 g/mol. The second kappa shape index (κ2) is 7.72. The van der Waals surface area contributed by atoms with Gasteiger partial charge in [0.2, 0.25) is 0 Å². The summed E-state index contributed by atoms with van der Waals surface area (Å²) >= 11 is 1.60. The van der Waals surface area contributed by atoms with Gasteiger partial charge in [-0.25, -0.2) is 4.79 Å². The predicted molar refractivity (Wildman–Crippen MR) is 106 cm³/mol. The highest BCUT2D eigenvalue weighted by atomic mass is 32.2. The number of aryl methyl sites for hydroxylation is 1. The van der Waals surface area contributed by atoms with E-state index in [4.69, 9.17) is 0 Å². The third-order valence-electron chi connectivity index (χ3n) is 4.51. The zero-order valence-electron chi connectivity index (χ0n) is 16.2. The van der Waals surface area contributed by atoms with Crippen LogP contribution >= 0.6 is 11.8 Å². The molecular formula is C19H25N5O2S. The van der Waals surface area contributed by atoms with Gasteiger partial charge in [-0.1, -0.05) is 35.5 Å². The van der Waals surface area contributed by atoms with E-state index in [0.29, 0.717) is 13.0 Å². The van der Waals surface area contributed by atoms with Crippen molar-refractivity contribution in [2.24, 2.45) is 0 Å². The number of benzene rings is 1. The van der Waals surface area contributed by atoms with E-state index in [1.54, 1.807) is 25.6 Å². The van der Waals surface area contributed by atoms with Crippen molar-refractivity contribution < 1.29 is 9.59 Å². The van der Waals surface area contributed by atoms with Crippen LogP contribution in [0.1, 0.15) is 32.8 Å². The summed E-state index contributed by atoms with van der Waals surface area (Å²) in [5.41, 5.74) is 1.43. The van der Waals surface area contributed by atoms with Gasteiger partial charge in [-0.15, -0.1) is 10.2 Å². The Hall–Kier alpha value is -2.35. The highest BCUT2D eigenvalue weighted by molar-refractivity contribution is 7.99. The van der Waals surface area contributed by atoms with E-state index in [1.165, 1.54) is 10.5 Å². The molecule has 3 amide bonds. The van der Waals surface area contributed by atoms with Gasteiger partial charge in [0, 0.05) is 24.4 Å². The Kier molecular flexibility index (Phi) is 5.55. The number of hydrogen-bond acceptors (Lipinski definition) is 5. The van der Waals surface area contributed by atoms with E-state index in [0.717, 1.165) is 28.8 Å². The highest BCUT2D eigenvalue weighted by Crippen LogP contribution is 2.25. The highest BCUT2D eigenvalue weighted by Gasteiger charge is 2.43. The molecule has 27 heavy (non-hydrogen) atoms. The lowest BCUT2D eigenvalue weighted by Crippen LogP contribution is -2.40. The molecule has 2 aromatic rings. The van der Waals surface area contributed by atoms with E-state index in [1.807, 2.05) is 12.1 Å². The molecule has 1 aromatic heterocycles. The first-order valence-corrected chi connectivity index (χ1v) is 10.1. The van der Waals surface area contributed by atoms with Gasteiger partial charge in [0.15, 0.2) is 11.0 Å². The van der Waals surface area contributed by atoms with Crippen LogP contribution in [-0.2, 0) is 11.3 Å². The molecule has 8 heteroatoms. The number of amides is 3. The van der Waals surface area contributed by atoms with E-state index in [-0.39, 0.29) is 11.9 Å². The number of carbonyl (C=O) groups excluding carboxylic acids is 2. The molecule has 2 heterocycles. The van der Waals surface area contributed by atoms with Crippen LogP contribution < -0.4 is 5.32 Å².